The van der Waals surface area contributed by atoms with Gasteiger partial charge in [-0.3, -0.25) is 9.59 Å². The third kappa shape index (κ3) is 3.86. The first-order valence-electron chi connectivity index (χ1n) is 5.94. The molecule has 20 heavy (non-hydrogen) atoms. The first-order chi connectivity index (χ1) is 9.54. The van der Waals surface area contributed by atoms with Crippen LogP contribution in [0.25, 0.3) is 0 Å². The average Bonchev–Trinajstić information content (AvgIpc) is 2.38. The second-order valence-corrected chi connectivity index (χ2v) is 5.42. The Morgan fingerprint density at radius 1 is 1.40 bits per heavy atom. The lowest BCUT2D eigenvalue weighted by Crippen LogP contribution is -2.23. The predicted molar refractivity (Wildman–Crippen MR) is 79.7 cm³/mol. The van der Waals surface area contributed by atoms with E-state index in [1.807, 2.05) is 18.2 Å². The van der Waals surface area contributed by atoms with Gasteiger partial charge in [-0.25, -0.2) is 4.98 Å². The van der Waals surface area contributed by atoms with Crippen molar-refractivity contribution < 1.29 is 4.79 Å². The highest BCUT2D eigenvalue weighted by atomic mass is 32.2. The Bertz CT molecular complexity index is 657. The number of anilines is 2. The molecule has 0 saturated heterocycles. The normalized spacial score (nSPS) is 11.8. The van der Waals surface area contributed by atoms with E-state index in [2.05, 4.69) is 15.3 Å². The number of carbonyl (C=O) groups excluding carboxylic acids is 1. The van der Waals surface area contributed by atoms with Gasteiger partial charge in [-0.1, -0.05) is 30.0 Å². The quantitative estimate of drug-likeness (QED) is 0.585. The summed E-state index contributed by atoms with van der Waals surface area (Å²) in [5, 5.41) is 2.69. The van der Waals surface area contributed by atoms with Crippen LogP contribution in [-0.2, 0) is 4.79 Å². The van der Waals surface area contributed by atoms with E-state index in [9.17, 15) is 9.59 Å². The molecule has 0 saturated carbocycles. The standard InChI is InChI=1S/C13H14N4O2S/c1-8(12(19)15-9-5-3-2-4-6-9)20-13-16-10(14)7-11(18)17-13/h2-8H,1H3,(H,15,19)(H3,14,16,17,18). The van der Waals surface area contributed by atoms with Gasteiger partial charge in [0.25, 0.3) is 5.56 Å². The topological polar surface area (TPSA) is 101 Å². The summed E-state index contributed by atoms with van der Waals surface area (Å²) in [6, 6.07) is 10.3. The molecule has 4 N–H and O–H groups in total. The number of aromatic amines is 1. The lowest BCUT2D eigenvalue weighted by atomic mass is 10.3. The molecular weight excluding hydrogens is 276 g/mol. The molecule has 104 valence electrons. The maximum absolute atomic E-state index is 12.0. The molecule has 0 bridgehead atoms. The number of nitrogens with zero attached hydrogens (tertiary/aromatic N) is 1. The summed E-state index contributed by atoms with van der Waals surface area (Å²) in [4.78, 5) is 29.8. The molecule has 1 amide bonds. The zero-order valence-electron chi connectivity index (χ0n) is 10.8. The number of amides is 1. The summed E-state index contributed by atoms with van der Waals surface area (Å²) >= 11 is 1.14. The van der Waals surface area contributed by atoms with Crippen LogP contribution in [0.15, 0.2) is 46.3 Å². The molecular formula is C13H14N4O2S. The molecule has 0 aliphatic rings. The van der Waals surface area contributed by atoms with Crippen LogP contribution in [0.2, 0.25) is 0 Å². The van der Waals surface area contributed by atoms with E-state index in [1.165, 1.54) is 6.07 Å². The number of nitrogens with two attached hydrogens (primary N) is 1. The first kappa shape index (κ1) is 14.1. The molecule has 0 fully saturated rings. The van der Waals surface area contributed by atoms with E-state index in [0.29, 0.717) is 5.16 Å². The van der Waals surface area contributed by atoms with Crippen molar-refractivity contribution in [2.75, 3.05) is 11.1 Å². The molecule has 1 aromatic carbocycles. The lowest BCUT2D eigenvalue weighted by molar-refractivity contribution is -0.115. The number of para-hydroxylation sites is 1. The summed E-state index contributed by atoms with van der Waals surface area (Å²) in [6.07, 6.45) is 0. The molecule has 1 heterocycles. The first-order valence-corrected chi connectivity index (χ1v) is 6.82. The van der Waals surface area contributed by atoms with E-state index in [-0.39, 0.29) is 17.3 Å². The minimum absolute atomic E-state index is 0.131. The molecule has 0 aliphatic heterocycles. The van der Waals surface area contributed by atoms with E-state index in [1.54, 1.807) is 19.1 Å². The smallest absolute Gasteiger partial charge is 0.253 e. The van der Waals surface area contributed by atoms with Crippen molar-refractivity contribution in [2.45, 2.75) is 17.3 Å². The minimum Gasteiger partial charge on any atom is -0.383 e. The number of thioether (sulfide) groups is 1. The highest BCUT2D eigenvalue weighted by molar-refractivity contribution is 8.00. The van der Waals surface area contributed by atoms with Gasteiger partial charge in [-0.05, 0) is 19.1 Å². The fourth-order valence-corrected chi connectivity index (χ4v) is 2.31. The third-order valence-corrected chi connectivity index (χ3v) is 3.42. The van der Waals surface area contributed by atoms with Gasteiger partial charge in [0.15, 0.2) is 5.16 Å². The molecule has 0 spiro atoms. The SMILES string of the molecule is CC(Sc1nc(N)cc(=O)[nH]1)C(=O)Nc1ccccc1. The van der Waals surface area contributed by atoms with Gasteiger partial charge < -0.3 is 16.0 Å². The molecule has 7 heteroatoms. The highest BCUT2D eigenvalue weighted by Crippen LogP contribution is 2.20. The molecule has 2 aromatic rings. The number of nitrogens with one attached hydrogen (secondary N) is 2. The Labute approximate surface area is 119 Å². The lowest BCUT2D eigenvalue weighted by Gasteiger charge is -2.11. The van der Waals surface area contributed by atoms with Crippen LogP contribution in [-0.4, -0.2) is 21.1 Å². The number of carbonyl (C=O) groups is 1. The zero-order valence-corrected chi connectivity index (χ0v) is 11.6. The van der Waals surface area contributed by atoms with Crippen molar-refractivity contribution in [1.29, 1.82) is 0 Å². The van der Waals surface area contributed by atoms with Gasteiger partial charge in [0.1, 0.15) is 5.82 Å². The molecule has 1 aromatic heterocycles. The summed E-state index contributed by atoms with van der Waals surface area (Å²) in [5.41, 5.74) is 5.87. The van der Waals surface area contributed by atoms with Crippen LogP contribution in [0.5, 0.6) is 0 Å². The van der Waals surface area contributed by atoms with E-state index < -0.39 is 5.25 Å². The number of rotatable bonds is 4. The van der Waals surface area contributed by atoms with E-state index >= 15 is 0 Å². The number of nitrogen functional groups attached to an aromatic ring is 1. The number of benzene rings is 1. The van der Waals surface area contributed by atoms with Gasteiger partial charge in [-0.2, -0.15) is 0 Å². The monoisotopic (exact) mass is 290 g/mol. The summed E-state index contributed by atoms with van der Waals surface area (Å²) in [7, 11) is 0. The van der Waals surface area contributed by atoms with Gasteiger partial charge >= 0.3 is 0 Å². The Morgan fingerprint density at radius 2 is 2.10 bits per heavy atom. The van der Waals surface area contributed by atoms with Crippen molar-refractivity contribution in [3.05, 3.63) is 46.8 Å². The van der Waals surface area contributed by atoms with Crippen LogP contribution in [0.1, 0.15) is 6.92 Å². The fraction of sp³-hybridized carbons (Fsp3) is 0.154. The van der Waals surface area contributed by atoms with Crippen molar-refractivity contribution in [3.63, 3.8) is 0 Å². The Hall–Kier alpha value is -2.28. The highest BCUT2D eigenvalue weighted by Gasteiger charge is 2.16. The Balaban J connectivity index is 2.02. The molecule has 0 aliphatic carbocycles. The largest absolute Gasteiger partial charge is 0.383 e. The van der Waals surface area contributed by atoms with Gasteiger partial charge in [0, 0.05) is 11.8 Å². The Kier molecular flexibility index (Phi) is 4.41. The summed E-state index contributed by atoms with van der Waals surface area (Å²) in [5.74, 6) is -0.0433. The van der Waals surface area contributed by atoms with Crippen molar-refractivity contribution in [1.82, 2.24) is 9.97 Å². The van der Waals surface area contributed by atoms with Gasteiger partial charge in [0.2, 0.25) is 5.91 Å². The number of hydrogen-bond donors (Lipinski definition) is 3. The van der Waals surface area contributed by atoms with Crippen LogP contribution in [0, 0.1) is 0 Å². The summed E-state index contributed by atoms with van der Waals surface area (Å²) < 4.78 is 0. The van der Waals surface area contributed by atoms with Crippen molar-refractivity contribution in [3.8, 4) is 0 Å². The molecule has 1 unspecified atom stereocenters. The third-order valence-electron chi connectivity index (χ3n) is 2.44. The van der Waals surface area contributed by atoms with Crippen molar-refractivity contribution in [2.24, 2.45) is 0 Å². The summed E-state index contributed by atoms with van der Waals surface area (Å²) in [6.45, 7) is 1.73. The Morgan fingerprint density at radius 3 is 2.75 bits per heavy atom. The minimum atomic E-state index is -0.417. The van der Waals surface area contributed by atoms with Crippen LogP contribution < -0.4 is 16.6 Å². The number of aromatic nitrogens is 2. The van der Waals surface area contributed by atoms with Crippen molar-refractivity contribution >= 4 is 29.2 Å². The maximum Gasteiger partial charge on any atom is 0.253 e. The van der Waals surface area contributed by atoms with Gasteiger partial charge in [0.05, 0.1) is 5.25 Å². The molecule has 1 atom stereocenters. The maximum atomic E-state index is 12.0. The predicted octanol–water partition coefficient (Wildman–Crippen LogP) is 1.47. The average molecular weight is 290 g/mol. The van der Waals surface area contributed by atoms with E-state index in [0.717, 1.165) is 17.4 Å². The van der Waals surface area contributed by atoms with E-state index in [4.69, 9.17) is 5.73 Å². The zero-order chi connectivity index (χ0) is 14.5. The molecule has 0 radical (unpaired) electrons. The van der Waals surface area contributed by atoms with Crippen LogP contribution in [0.4, 0.5) is 11.5 Å². The van der Waals surface area contributed by atoms with Crippen LogP contribution >= 0.6 is 11.8 Å². The number of H-pyrrole nitrogens is 1. The number of hydrogen-bond acceptors (Lipinski definition) is 5. The fourth-order valence-electron chi connectivity index (χ4n) is 1.50. The molecule has 6 nitrogen and oxygen atoms in total. The van der Waals surface area contributed by atoms with Crippen LogP contribution in [0.3, 0.4) is 0 Å². The second kappa shape index (κ2) is 6.25. The van der Waals surface area contributed by atoms with Gasteiger partial charge in [-0.15, -0.1) is 0 Å². The molecule has 2 rings (SSSR count). The second-order valence-electron chi connectivity index (χ2n) is 4.09.